The summed E-state index contributed by atoms with van der Waals surface area (Å²) >= 11 is 7.21. The minimum atomic E-state index is -0.606. The fourth-order valence-corrected chi connectivity index (χ4v) is 2.66. The molecule has 0 N–H and O–H groups in total. The number of benzene rings is 1. The van der Waals surface area contributed by atoms with Gasteiger partial charge in [-0.1, -0.05) is 17.7 Å². The van der Waals surface area contributed by atoms with Crippen LogP contribution in [0, 0.1) is 10.1 Å². The van der Waals surface area contributed by atoms with E-state index in [1.165, 1.54) is 29.5 Å². The number of ether oxygens (including phenoxy) is 1. The molecule has 0 aliphatic carbocycles. The standard InChI is InChI=1S/C14H7ClN2O4S/c15-10-4-3-8(6-12(10)17(19)20)13-16-11(14(18)21-13)7-9-2-1-5-22-9/h1-7H/b11-7-. The highest BCUT2D eigenvalue weighted by molar-refractivity contribution is 7.10. The predicted octanol–water partition coefficient (Wildman–Crippen LogP) is 3.65. The average molecular weight is 335 g/mol. The Morgan fingerprint density at radius 2 is 2.18 bits per heavy atom. The van der Waals surface area contributed by atoms with Gasteiger partial charge in [0.25, 0.3) is 5.69 Å². The van der Waals surface area contributed by atoms with Crippen molar-refractivity contribution in [3.63, 3.8) is 0 Å². The van der Waals surface area contributed by atoms with Crippen molar-refractivity contribution < 1.29 is 14.5 Å². The van der Waals surface area contributed by atoms with Crippen molar-refractivity contribution in [3.8, 4) is 0 Å². The van der Waals surface area contributed by atoms with Gasteiger partial charge in [-0.3, -0.25) is 10.1 Å². The summed E-state index contributed by atoms with van der Waals surface area (Å²) in [6.45, 7) is 0. The van der Waals surface area contributed by atoms with Gasteiger partial charge in [-0.25, -0.2) is 9.79 Å². The molecule has 8 heteroatoms. The number of halogens is 1. The summed E-state index contributed by atoms with van der Waals surface area (Å²) in [6.07, 6.45) is 1.60. The number of hydrogen-bond donors (Lipinski definition) is 0. The van der Waals surface area contributed by atoms with E-state index in [9.17, 15) is 14.9 Å². The fourth-order valence-electron chi connectivity index (χ4n) is 1.83. The van der Waals surface area contributed by atoms with Crippen molar-refractivity contribution in [2.24, 2.45) is 4.99 Å². The molecule has 0 bridgehead atoms. The molecule has 0 amide bonds. The van der Waals surface area contributed by atoms with E-state index in [2.05, 4.69) is 4.99 Å². The van der Waals surface area contributed by atoms with Crippen LogP contribution in [-0.4, -0.2) is 16.8 Å². The van der Waals surface area contributed by atoms with Crippen LogP contribution in [0.1, 0.15) is 10.4 Å². The maximum atomic E-state index is 11.8. The third-order valence-electron chi connectivity index (χ3n) is 2.83. The number of rotatable bonds is 3. The zero-order valence-electron chi connectivity index (χ0n) is 10.9. The molecule has 110 valence electrons. The molecule has 3 rings (SSSR count). The number of carbonyl (C=O) groups is 1. The van der Waals surface area contributed by atoms with Gasteiger partial charge in [-0.2, -0.15) is 0 Å². The number of nitro groups is 1. The second-order valence-electron chi connectivity index (χ2n) is 4.27. The number of thiophene rings is 1. The Morgan fingerprint density at radius 1 is 1.36 bits per heavy atom. The second kappa shape index (κ2) is 5.70. The largest absolute Gasteiger partial charge is 0.402 e. The van der Waals surface area contributed by atoms with Crippen LogP contribution in [-0.2, 0) is 9.53 Å². The lowest BCUT2D eigenvalue weighted by Gasteiger charge is -2.00. The number of aliphatic imine (C=N–C) groups is 1. The third-order valence-corrected chi connectivity index (χ3v) is 3.97. The van der Waals surface area contributed by atoms with Crippen LogP contribution in [0.5, 0.6) is 0 Å². The summed E-state index contributed by atoms with van der Waals surface area (Å²) in [7, 11) is 0. The number of hydrogen-bond acceptors (Lipinski definition) is 6. The van der Waals surface area contributed by atoms with Gasteiger partial charge < -0.3 is 4.74 Å². The van der Waals surface area contributed by atoms with Crippen LogP contribution in [0.4, 0.5) is 5.69 Å². The van der Waals surface area contributed by atoms with E-state index in [0.29, 0.717) is 5.56 Å². The highest BCUT2D eigenvalue weighted by Crippen LogP contribution is 2.27. The topological polar surface area (TPSA) is 81.8 Å². The molecule has 0 atom stereocenters. The van der Waals surface area contributed by atoms with Crippen molar-refractivity contribution in [1.82, 2.24) is 0 Å². The Labute approximate surface area is 133 Å². The summed E-state index contributed by atoms with van der Waals surface area (Å²) in [6, 6.07) is 7.79. The highest BCUT2D eigenvalue weighted by atomic mass is 35.5. The number of esters is 1. The molecule has 1 aliphatic heterocycles. The zero-order valence-corrected chi connectivity index (χ0v) is 12.4. The van der Waals surface area contributed by atoms with E-state index in [1.54, 1.807) is 6.08 Å². The van der Waals surface area contributed by atoms with Gasteiger partial charge in [-0.15, -0.1) is 11.3 Å². The Kier molecular flexibility index (Phi) is 3.74. The first-order valence-electron chi connectivity index (χ1n) is 6.05. The molecule has 2 aromatic rings. The second-order valence-corrected chi connectivity index (χ2v) is 5.66. The van der Waals surface area contributed by atoms with Crippen molar-refractivity contribution in [2.75, 3.05) is 0 Å². The van der Waals surface area contributed by atoms with E-state index in [-0.39, 0.29) is 22.3 Å². The molecular weight excluding hydrogens is 328 g/mol. The first-order valence-corrected chi connectivity index (χ1v) is 7.31. The third kappa shape index (κ3) is 2.76. The molecule has 0 saturated carbocycles. The molecule has 0 radical (unpaired) electrons. The minimum absolute atomic E-state index is 0.00743. The number of cyclic esters (lactones) is 1. The lowest BCUT2D eigenvalue weighted by molar-refractivity contribution is -0.384. The van der Waals surface area contributed by atoms with Gasteiger partial charge in [0.1, 0.15) is 5.02 Å². The lowest BCUT2D eigenvalue weighted by atomic mass is 10.2. The quantitative estimate of drug-likeness (QED) is 0.371. The minimum Gasteiger partial charge on any atom is -0.402 e. The van der Waals surface area contributed by atoms with Crippen LogP contribution in [0.2, 0.25) is 5.02 Å². The molecule has 0 unspecified atom stereocenters. The molecule has 1 aromatic carbocycles. The summed E-state index contributed by atoms with van der Waals surface area (Å²) in [5, 5.41) is 12.8. The normalized spacial score (nSPS) is 15.8. The predicted molar refractivity (Wildman–Crippen MR) is 83.0 cm³/mol. The molecule has 1 aromatic heterocycles. The summed E-state index contributed by atoms with van der Waals surface area (Å²) in [5.74, 6) is -0.575. The monoisotopic (exact) mass is 334 g/mol. The highest BCUT2D eigenvalue weighted by Gasteiger charge is 2.26. The van der Waals surface area contributed by atoms with Crippen molar-refractivity contribution in [1.29, 1.82) is 0 Å². The van der Waals surface area contributed by atoms with Gasteiger partial charge in [0.15, 0.2) is 5.70 Å². The van der Waals surface area contributed by atoms with Gasteiger partial charge in [0.2, 0.25) is 5.90 Å². The zero-order chi connectivity index (χ0) is 15.7. The van der Waals surface area contributed by atoms with Crippen LogP contribution in [0.3, 0.4) is 0 Å². The van der Waals surface area contributed by atoms with E-state index in [0.717, 1.165) is 4.88 Å². The SMILES string of the molecule is O=C1OC(c2ccc(Cl)c([N+](=O)[O-])c2)=N/C1=C\c1cccs1. The maximum Gasteiger partial charge on any atom is 0.363 e. The van der Waals surface area contributed by atoms with Crippen LogP contribution < -0.4 is 0 Å². The number of nitro benzene ring substituents is 1. The first kappa shape index (κ1) is 14.4. The summed E-state index contributed by atoms with van der Waals surface area (Å²) in [5.41, 5.74) is 0.197. The fraction of sp³-hybridized carbons (Fsp3) is 0. The smallest absolute Gasteiger partial charge is 0.363 e. The molecule has 0 spiro atoms. The number of nitrogens with zero attached hydrogens (tertiary/aromatic N) is 2. The molecule has 6 nitrogen and oxygen atoms in total. The molecule has 2 heterocycles. The Balaban J connectivity index is 1.98. The Hall–Kier alpha value is -2.51. The van der Waals surface area contributed by atoms with Crippen LogP contribution >= 0.6 is 22.9 Å². The van der Waals surface area contributed by atoms with Crippen LogP contribution in [0.15, 0.2) is 46.4 Å². The van der Waals surface area contributed by atoms with Crippen LogP contribution in [0.25, 0.3) is 6.08 Å². The van der Waals surface area contributed by atoms with Gasteiger partial charge in [0.05, 0.1) is 4.92 Å². The van der Waals surface area contributed by atoms with Crippen molar-refractivity contribution in [2.45, 2.75) is 0 Å². The molecular formula is C14H7ClN2O4S. The van der Waals surface area contributed by atoms with E-state index in [1.807, 2.05) is 17.5 Å². The Bertz CT molecular complexity index is 827. The van der Waals surface area contributed by atoms with E-state index in [4.69, 9.17) is 16.3 Å². The number of carbonyl (C=O) groups excluding carboxylic acids is 1. The summed E-state index contributed by atoms with van der Waals surface area (Å²) in [4.78, 5) is 27.0. The molecule has 22 heavy (non-hydrogen) atoms. The van der Waals surface area contributed by atoms with Crippen molar-refractivity contribution in [3.05, 3.63) is 67.0 Å². The molecule has 0 fully saturated rings. The first-order chi connectivity index (χ1) is 10.5. The lowest BCUT2D eigenvalue weighted by Crippen LogP contribution is -2.06. The van der Waals surface area contributed by atoms with Crippen molar-refractivity contribution >= 4 is 46.6 Å². The summed E-state index contributed by atoms with van der Waals surface area (Å²) < 4.78 is 5.07. The van der Waals surface area contributed by atoms with Gasteiger partial charge in [0, 0.05) is 16.5 Å². The van der Waals surface area contributed by atoms with Gasteiger partial charge in [-0.05, 0) is 29.7 Å². The molecule has 1 aliphatic rings. The van der Waals surface area contributed by atoms with E-state index < -0.39 is 10.9 Å². The molecule has 0 saturated heterocycles. The average Bonchev–Trinajstić information content (AvgIpc) is 3.10. The Morgan fingerprint density at radius 3 is 2.86 bits per heavy atom. The maximum absolute atomic E-state index is 11.8. The van der Waals surface area contributed by atoms with Gasteiger partial charge >= 0.3 is 5.97 Å². The van der Waals surface area contributed by atoms with E-state index >= 15 is 0 Å².